The predicted molar refractivity (Wildman–Crippen MR) is 190 cm³/mol. The molecule has 1 aromatic carbocycles. The molecular weight excluding hydrogens is 846 g/mol. The fourth-order valence-corrected chi connectivity index (χ4v) is 5.85. The van der Waals surface area contributed by atoms with Crippen molar-refractivity contribution >= 4 is 82.8 Å². The molecule has 0 bridgehead atoms. The number of carboxylic acids is 4. The number of carbonyl (C=O) groups is 10. The fraction of sp³-hybridized carbons (Fsp3) is 0.387. The second kappa shape index (κ2) is 31.8. The zero-order chi connectivity index (χ0) is 43.4. The van der Waals surface area contributed by atoms with E-state index >= 15 is 0 Å². The Morgan fingerprint density at radius 3 is 1.28 bits per heavy atom. The van der Waals surface area contributed by atoms with Crippen molar-refractivity contribution in [3.05, 3.63) is 58.8 Å². The molecule has 1 aromatic rings. The molecular formula is C31H37FeN7O16S2. The predicted octanol–water partition coefficient (Wildman–Crippen LogP) is -2.81. The summed E-state index contributed by atoms with van der Waals surface area (Å²) in [6, 6.07) is 4.23. The summed E-state index contributed by atoms with van der Waals surface area (Å²) in [5.41, 5.74) is 10.7. The van der Waals surface area contributed by atoms with Crippen LogP contribution in [0.1, 0.15) is 25.7 Å². The van der Waals surface area contributed by atoms with Gasteiger partial charge in [0.1, 0.15) is 37.3 Å². The fourth-order valence-electron chi connectivity index (χ4n) is 3.59. The first-order chi connectivity index (χ1) is 26.4. The molecule has 6 amide bonds. The van der Waals surface area contributed by atoms with Gasteiger partial charge in [0.2, 0.25) is 23.6 Å². The minimum absolute atomic E-state index is 0. The third-order valence-corrected chi connectivity index (χ3v) is 8.74. The van der Waals surface area contributed by atoms with E-state index in [0.717, 1.165) is 0 Å². The summed E-state index contributed by atoms with van der Waals surface area (Å²) in [4.78, 5) is 118. The van der Waals surface area contributed by atoms with Crippen molar-refractivity contribution in [2.24, 2.45) is 11.5 Å². The molecule has 0 fully saturated rings. The Hall–Kier alpha value is -5.39. The molecule has 1 heterocycles. The van der Waals surface area contributed by atoms with Gasteiger partial charge in [-0.3, -0.25) is 38.4 Å². The first-order valence-corrected chi connectivity index (χ1v) is 17.3. The zero-order valence-corrected chi connectivity index (χ0v) is 32.0. The Kier molecular flexibility index (Phi) is 31.2. The SMILES string of the molecule is N[C@@H](CCC(=O)N[C@@H](CSC1=C(SC[C@H](NC(=O)CC[C@H](N)C(=O)O)C(=O)NCC(=O)O)C(=O)[N-]C1=O)C(=O)NCC(=O)O)C(=O)O.[C-]#[O+].[C-]#[O+].[Fe+2].c1cc[cH-]c1. The van der Waals surface area contributed by atoms with Crippen molar-refractivity contribution in [3.63, 3.8) is 0 Å². The molecule has 57 heavy (non-hydrogen) atoms. The van der Waals surface area contributed by atoms with Gasteiger partial charge >= 0.3 is 63.6 Å². The maximum Gasteiger partial charge on any atom is 2.00 e. The molecule has 0 saturated carbocycles. The minimum Gasteiger partial charge on any atom is -0.214 e. The van der Waals surface area contributed by atoms with Crippen LogP contribution in [0.5, 0.6) is 0 Å². The van der Waals surface area contributed by atoms with Crippen molar-refractivity contribution in [2.75, 3.05) is 24.6 Å². The third-order valence-electron chi connectivity index (χ3n) is 6.27. The van der Waals surface area contributed by atoms with Crippen LogP contribution in [0.4, 0.5) is 0 Å². The van der Waals surface area contributed by atoms with Gasteiger partial charge in [-0.15, -0.1) is 23.5 Å². The van der Waals surface area contributed by atoms with E-state index < -0.39 is 121 Å². The molecule has 1 aliphatic heterocycles. The molecule has 312 valence electrons. The molecule has 4 atom stereocenters. The van der Waals surface area contributed by atoms with Crippen LogP contribution in [0.15, 0.2) is 40.1 Å². The third kappa shape index (κ3) is 24.7. The average molecular weight is 884 g/mol. The number of hydrogen-bond donors (Lipinski definition) is 10. The first-order valence-electron chi connectivity index (χ1n) is 15.3. The standard InChI is InChI=1S/C24H33N7O14S2.C5H5.2CO.Fe/c25-9(23(42)43)1-3-13(32)29-11(19(38)27-5-15(34)35)7-46-17-18(22(41)31-21(17)40)47-8-12(20(39)28-6-16(36)37)30-14(33)4-2-10(26)24(44)45;1-2-4-5-3-1;2*1-2;/h9-12H,1-8,25-26H2,(H9,27,28,29,30,31,32,33,34,35,36,37,38,39,40,41,42,43,44,45);1-5H;;;/q;-1;;;+2/p-1/t9-,10-,11-,12-;;;;/m0..../s1. The van der Waals surface area contributed by atoms with Crippen molar-refractivity contribution in [2.45, 2.75) is 49.9 Å². The normalized spacial score (nSPS) is 13.2. The topological polar surface area (TPSA) is 406 Å². The molecule has 2 rings (SSSR count). The van der Waals surface area contributed by atoms with Gasteiger partial charge in [0.15, 0.2) is 0 Å². The van der Waals surface area contributed by atoms with Crippen LogP contribution in [-0.2, 0) is 74.3 Å². The Bertz CT molecular complexity index is 1500. The van der Waals surface area contributed by atoms with Crippen molar-refractivity contribution < 1.29 is 94.7 Å². The summed E-state index contributed by atoms with van der Waals surface area (Å²) in [7, 11) is 0. The number of carbonyl (C=O) groups excluding carboxylic acids is 6. The number of aliphatic carboxylic acids is 4. The van der Waals surface area contributed by atoms with Gasteiger partial charge in [-0.1, -0.05) is 0 Å². The van der Waals surface area contributed by atoms with Crippen molar-refractivity contribution in [1.29, 1.82) is 0 Å². The van der Waals surface area contributed by atoms with Gasteiger partial charge in [0, 0.05) is 34.2 Å². The molecule has 0 aliphatic carbocycles. The van der Waals surface area contributed by atoms with Gasteiger partial charge in [0.25, 0.3) is 0 Å². The Balaban J connectivity index is -0.00000261. The van der Waals surface area contributed by atoms with Gasteiger partial charge in [0.05, 0.1) is 11.8 Å². The van der Waals surface area contributed by atoms with Gasteiger partial charge in [-0.05, 0) is 12.8 Å². The number of amides is 6. The van der Waals surface area contributed by atoms with E-state index in [0.29, 0.717) is 23.5 Å². The van der Waals surface area contributed by atoms with Crippen LogP contribution in [0.2, 0.25) is 0 Å². The Morgan fingerprint density at radius 1 is 0.684 bits per heavy atom. The maximum absolute atomic E-state index is 12.6. The maximum atomic E-state index is 12.6. The summed E-state index contributed by atoms with van der Waals surface area (Å²) < 4.78 is 15.0. The number of carboxylic acid groups (broad SMARTS) is 4. The quantitative estimate of drug-likeness (QED) is 0.0243. The second-order valence-electron chi connectivity index (χ2n) is 10.4. The van der Waals surface area contributed by atoms with Crippen LogP contribution in [0, 0.1) is 13.3 Å². The molecule has 0 radical (unpaired) electrons. The largest absolute Gasteiger partial charge is 2.00 e. The summed E-state index contributed by atoms with van der Waals surface area (Å²) in [5.74, 6) is -12.3. The van der Waals surface area contributed by atoms with E-state index in [1.54, 1.807) is 0 Å². The van der Waals surface area contributed by atoms with Crippen LogP contribution in [-0.4, -0.2) is 129 Å². The Labute approximate surface area is 342 Å². The minimum atomic E-state index is -1.50. The van der Waals surface area contributed by atoms with Gasteiger partial charge < -0.3 is 68.1 Å². The monoisotopic (exact) mass is 883 g/mol. The van der Waals surface area contributed by atoms with E-state index in [1.165, 1.54) is 0 Å². The molecule has 0 unspecified atom stereocenters. The average Bonchev–Trinajstić information content (AvgIpc) is 3.83. The van der Waals surface area contributed by atoms with Gasteiger partial charge in [-0.25, -0.2) is 12.1 Å². The van der Waals surface area contributed by atoms with Crippen molar-refractivity contribution in [1.82, 2.24) is 21.3 Å². The van der Waals surface area contributed by atoms with E-state index in [2.05, 4.69) is 29.3 Å². The summed E-state index contributed by atoms with van der Waals surface area (Å²) >= 11 is 1.13. The number of imide groups is 1. The number of rotatable bonds is 22. The number of thioether (sulfide) groups is 2. The summed E-state index contributed by atoms with van der Waals surface area (Å²) in [5, 5.41) is 47.4. The van der Waals surface area contributed by atoms with E-state index in [4.69, 9.17) is 41.2 Å². The molecule has 0 aromatic heterocycles. The first kappa shape index (κ1) is 55.9. The molecule has 0 saturated heterocycles. The number of hydrogen-bond acceptors (Lipinski definition) is 14. The number of nitrogens with zero attached hydrogens (tertiary/aromatic N) is 1. The van der Waals surface area contributed by atoms with E-state index in [1.807, 2.05) is 41.0 Å². The summed E-state index contributed by atoms with van der Waals surface area (Å²) in [6.07, 6.45) is -1.48. The van der Waals surface area contributed by atoms with E-state index in [-0.39, 0.29) is 39.7 Å². The molecule has 26 heteroatoms. The van der Waals surface area contributed by atoms with Crippen LogP contribution < -0.4 is 32.7 Å². The molecule has 1 aliphatic rings. The number of nitrogens with two attached hydrogens (primary N) is 2. The molecule has 0 spiro atoms. The van der Waals surface area contributed by atoms with Crippen molar-refractivity contribution in [3.8, 4) is 0 Å². The zero-order valence-electron chi connectivity index (χ0n) is 29.3. The van der Waals surface area contributed by atoms with E-state index in [9.17, 15) is 47.9 Å². The molecule has 23 nitrogen and oxygen atoms in total. The summed E-state index contributed by atoms with van der Waals surface area (Å²) in [6.45, 7) is 7.32. The number of nitrogens with one attached hydrogen (secondary N) is 4. The molecule has 12 N–H and O–H groups in total. The van der Waals surface area contributed by atoms with Crippen LogP contribution >= 0.6 is 23.5 Å². The van der Waals surface area contributed by atoms with Crippen LogP contribution in [0.3, 0.4) is 0 Å². The Morgan fingerprint density at radius 2 is 1.02 bits per heavy atom. The van der Waals surface area contributed by atoms with Gasteiger partial charge in [-0.2, -0.15) is 18.2 Å². The smallest absolute Gasteiger partial charge is 0.214 e. The van der Waals surface area contributed by atoms with Crippen LogP contribution in [0.25, 0.3) is 5.32 Å². The second-order valence-corrected chi connectivity index (χ2v) is 12.5.